The lowest BCUT2D eigenvalue weighted by molar-refractivity contribution is -0.143. The average molecular weight is 541 g/mol. The average Bonchev–Trinajstić information content (AvgIpc) is 3.33. The van der Waals surface area contributed by atoms with Gasteiger partial charge in [0.15, 0.2) is 0 Å². The molecule has 0 saturated heterocycles. The number of aldehydes is 1. The Balaban J connectivity index is 1.62. The Labute approximate surface area is 213 Å². The summed E-state index contributed by atoms with van der Waals surface area (Å²) in [5.41, 5.74) is -4.56. The minimum Gasteiger partial charge on any atom is -0.373 e. The molecule has 38 heavy (non-hydrogen) atoms. The van der Waals surface area contributed by atoms with Crippen molar-refractivity contribution in [2.75, 3.05) is 6.61 Å². The van der Waals surface area contributed by atoms with Gasteiger partial charge < -0.3 is 9.53 Å². The molecule has 1 fully saturated rings. The van der Waals surface area contributed by atoms with E-state index in [2.05, 4.69) is 10.2 Å². The predicted octanol–water partition coefficient (Wildman–Crippen LogP) is 5.79. The number of H-pyrrole nitrogens is 1. The van der Waals surface area contributed by atoms with Crippen LogP contribution in [0.4, 0.5) is 26.3 Å². The molecule has 1 aromatic heterocycles. The number of nitrogens with zero attached hydrogens (tertiary/aromatic N) is 2. The summed E-state index contributed by atoms with van der Waals surface area (Å²) in [6.45, 7) is 1.38. The molecule has 1 saturated carbocycles. The first-order valence-corrected chi connectivity index (χ1v) is 11.9. The molecule has 0 amide bonds. The van der Waals surface area contributed by atoms with Gasteiger partial charge in [-0.05, 0) is 61.9 Å². The maximum Gasteiger partial charge on any atom is 0.416 e. The number of ether oxygens (including phenoxy) is 1. The van der Waals surface area contributed by atoms with Crippen LogP contribution in [0.1, 0.15) is 61.0 Å². The molecule has 0 radical (unpaired) electrons. The van der Waals surface area contributed by atoms with E-state index in [1.807, 2.05) is 30.3 Å². The van der Waals surface area contributed by atoms with Gasteiger partial charge in [0.1, 0.15) is 18.2 Å². The summed E-state index contributed by atoms with van der Waals surface area (Å²) < 4.78 is 87.3. The number of aromatic amines is 1. The van der Waals surface area contributed by atoms with Crippen LogP contribution in [-0.2, 0) is 32.8 Å². The normalized spacial score (nSPS) is 23.2. The van der Waals surface area contributed by atoms with Crippen molar-refractivity contribution in [3.63, 3.8) is 0 Å². The number of benzene rings is 2. The van der Waals surface area contributed by atoms with Crippen molar-refractivity contribution in [2.45, 2.75) is 62.0 Å². The molecule has 2 aromatic carbocycles. The van der Waals surface area contributed by atoms with E-state index < -0.39 is 46.2 Å². The summed E-state index contributed by atoms with van der Waals surface area (Å²) in [6.07, 6.45) is -7.79. The van der Waals surface area contributed by atoms with Crippen molar-refractivity contribution in [3.05, 3.63) is 87.6 Å². The highest BCUT2D eigenvalue weighted by Crippen LogP contribution is 2.46. The number of aromatic nitrogens is 3. The molecule has 1 heterocycles. The van der Waals surface area contributed by atoms with Crippen LogP contribution in [0, 0.1) is 0 Å². The van der Waals surface area contributed by atoms with Gasteiger partial charge in [-0.15, -0.1) is 0 Å². The Morgan fingerprint density at radius 1 is 1.00 bits per heavy atom. The summed E-state index contributed by atoms with van der Waals surface area (Å²) in [5, 5.41) is 5.99. The van der Waals surface area contributed by atoms with Crippen LogP contribution < -0.4 is 5.69 Å². The number of alkyl halides is 6. The molecule has 0 aliphatic heterocycles. The molecule has 6 nitrogen and oxygen atoms in total. The van der Waals surface area contributed by atoms with Crippen molar-refractivity contribution in [2.24, 2.45) is 0 Å². The van der Waals surface area contributed by atoms with Gasteiger partial charge in [0, 0.05) is 5.41 Å². The first-order valence-electron chi connectivity index (χ1n) is 11.9. The molecular formula is C26H25F6N3O3. The molecule has 204 valence electrons. The fraction of sp³-hybridized carbons (Fsp3) is 0.423. The van der Waals surface area contributed by atoms with Crippen molar-refractivity contribution < 1.29 is 35.9 Å². The van der Waals surface area contributed by atoms with Crippen molar-refractivity contribution in [1.29, 1.82) is 0 Å². The molecule has 4 rings (SSSR count). The van der Waals surface area contributed by atoms with Gasteiger partial charge in [0.25, 0.3) is 0 Å². The SMILES string of the molecule is C[C@@H](OC[C@]1(c2ccccc2)CC[C@@](C=O)(n2cn[nH]c2=O)CC1)c1cc(C(F)(F)F)cc(C(F)(F)F)c1. The van der Waals surface area contributed by atoms with E-state index in [1.54, 1.807) is 0 Å². The summed E-state index contributed by atoms with van der Waals surface area (Å²) in [4.78, 5) is 24.3. The Hall–Kier alpha value is -3.41. The zero-order valence-electron chi connectivity index (χ0n) is 20.3. The largest absolute Gasteiger partial charge is 0.416 e. The zero-order chi connectivity index (χ0) is 27.8. The minimum absolute atomic E-state index is 0.0228. The molecule has 12 heteroatoms. The molecule has 0 unspecified atom stereocenters. The van der Waals surface area contributed by atoms with E-state index in [4.69, 9.17) is 4.74 Å². The second kappa shape index (κ2) is 10.0. The number of hydrogen-bond acceptors (Lipinski definition) is 4. The highest BCUT2D eigenvalue weighted by Gasteiger charge is 2.46. The van der Waals surface area contributed by atoms with E-state index in [9.17, 15) is 35.9 Å². The van der Waals surface area contributed by atoms with Gasteiger partial charge >= 0.3 is 18.0 Å². The first-order chi connectivity index (χ1) is 17.8. The molecule has 1 aliphatic carbocycles. The number of rotatable bonds is 7. The van der Waals surface area contributed by atoms with E-state index in [1.165, 1.54) is 17.8 Å². The summed E-state index contributed by atoms with van der Waals surface area (Å²) in [6, 6.07) is 10.6. The third kappa shape index (κ3) is 5.40. The smallest absolute Gasteiger partial charge is 0.373 e. The molecule has 1 atom stereocenters. The van der Waals surface area contributed by atoms with Gasteiger partial charge in [-0.1, -0.05) is 30.3 Å². The van der Waals surface area contributed by atoms with Crippen LogP contribution in [0.15, 0.2) is 59.7 Å². The van der Waals surface area contributed by atoms with Gasteiger partial charge in [-0.25, -0.2) is 9.89 Å². The van der Waals surface area contributed by atoms with Crippen LogP contribution in [-0.4, -0.2) is 27.7 Å². The number of hydrogen-bond donors (Lipinski definition) is 1. The lowest BCUT2D eigenvalue weighted by Gasteiger charge is -2.44. The second-order valence-corrected chi connectivity index (χ2v) is 9.69. The number of carbonyl (C=O) groups is 1. The number of halogens is 6. The zero-order valence-corrected chi connectivity index (χ0v) is 20.3. The standard InChI is InChI=1S/C26H25F6N3O3/c1-17(18-11-20(25(27,28)29)13-21(12-18)26(30,31)32)38-15-23(19-5-3-2-4-6-19)7-9-24(14-36,10-8-23)35-16-33-34-22(35)37/h2-6,11-14,16-17H,7-10,15H2,1H3,(H,34,37)/t17-,23-,24+/m1/s1. The summed E-state index contributed by atoms with van der Waals surface area (Å²) >= 11 is 0. The van der Waals surface area contributed by atoms with Gasteiger partial charge in [-0.2, -0.15) is 31.4 Å². The highest BCUT2D eigenvalue weighted by molar-refractivity contribution is 5.62. The topological polar surface area (TPSA) is 77.0 Å². The molecular weight excluding hydrogens is 516 g/mol. The molecule has 1 N–H and O–H groups in total. The van der Waals surface area contributed by atoms with Crippen LogP contribution in [0.25, 0.3) is 0 Å². The third-order valence-electron chi connectivity index (χ3n) is 7.40. The fourth-order valence-corrected chi connectivity index (χ4v) is 5.04. The Bertz CT molecular complexity index is 1290. The molecule has 0 spiro atoms. The van der Waals surface area contributed by atoms with Gasteiger partial charge in [0.2, 0.25) is 0 Å². The summed E-state index contributed by atoms with van der Waals surface area (Å²) in [7, 11) is 0. The minimum atomic E-state index is -4.96. The maximum atomic E-state index is 13.3. The first kappa shape index (κ1) is 27.6. The quantitative estimate of drug-likeness (QED) is 0.303. The number of nitrogens with one attached hydrogen (secondary N) is 1. The van der Waals surface area contributed by atoms with Crippen LogP contribution in [0.3, 0.4) is 0 Å². The lowest BCUT2D eigenvalue weighted by Crippen LogP contribution is -2.49. The van der Waals surface area contributed by atoms with E-state index >= 15 is 0 Å². The molecule has 1 aliphatic rings. The fourth-order valence-electron chi connectivity index (χ4n) is 5.04. The van der Waals surface area contributed by atoms with Crippen LogP contribution in [0.5, 0.6) is 0 Å². The Morgan fingerprint density at radius 2 is 1.58 bits per heavy atom. The van der Waals surface area contributed by atoms with Crippen LogP contribution in [0.2, 0.25) is 0 Å². The van der Waals surface area contributed by atoms with E-state index in [-0.39, 0.29) is 31.1 Å². The Morgan fingerprint density at radius 3 is 2.05 bits per heavy atom. The Kier molecular flexibility index (Phi) is 7.30. The summed E-state index contributed by atoms with van der Waals surface area (Å²) in [5.74, 6) is 0. The highest BCUT2D eigenvalue weighted by atomic mass is 19.4. The van der Waals surface area contributed by atoms with E-state index in [0.29, 0.717) is 31.3 Å². The third-order valence-corrected chi connectivity index (χ3v) is 7.40. The van der Waals surface area contributed by atoms with Crippen molar-refractivity contribution >= 4 is 6.29 Å². The molecule has 0 bridgehead atoms. The van der Waals surface area contributed by atoms with Gasteiger partial charge in [-0.3, -0.25) is 4.57 Å². The lowest BCUT2D eigenvalue weighted by atomic mass is 9.64. The monoisotopic (exact) mass is 541 g/mol. The number of carbonyl (C=O) groups excluding carboxylic acids is 1. The maximum absolute atomic E-state index is 13.3. The van der Waals surface area contributed by atoms with E-state index in [0.717, 1.165) is 5.56 Å². The van der Waals surface area contributed by atoms with Crippen molar-refractivity contribution in [1.82, 2.24) is 14.8 Å². The van der Waals surface area contributed by atoms with Crippen LogP contribution >= 0.6 is 0 Å². The van der Waals surface area contributed by atoms with Crippen molar-refractivity contribution in [3.8, 4) is 0 Å². The molecule has 3 aromatic rings. The van der Waals surface area contributed by atoms with Gasteiger partial charge in [0.05, 0.1) is 23.8 Å². The second-order valence-electron chi connectivity index (χ2n) is 9.69. The predicted molar refractivity (Wildman–Crippen MR) is 124 cm³/mol.